The third kappa shape index (κ3) is 2.12. The van der Waals surface area contributed by atoms with Crippen molar-refractivity contribution >= 4 is 23.5 Å². The molecule has 92 valence electrons. The maximum Gasteiger partial charge on any atom is 0.415 e. The Balaban J connectivity index is 2.45. The van der Waals surface area contributed by atoms with Gasteiger partial charge in [0.1, 0.15) is 5.82 Å². The Hall–Kier alpha value is -2.14. The van der Waals surface area contributed by atoms with Crippen LogP contribution in [0.4, 0.5) is 9.18 Å². The maximum atomic E-state index is 13.5. The number of ketones is 1. The van der Waals surface area contributed by atoms with Gasteiger partial charge >= 0.3 is 6.09 Å². The molecule has 1 N–H and O–H groups in total. The zero-order chi connectivity index (χ0) is 13.3. The first kappa shape index (κ1) is 12.3. The number of nitrogens with zero attached hydrogens (tertiary/aromatic N) is 1. The maximum absolute atomic E-state index is 13.5. The second kappa shape index (κ2) is 4.62. The first-order valence-electron chi connectivity index (χ1n) is 4.90. The third-order valence-electron chi connectivity index (χ3n) is 2.37. The van der Waals surface area contributed by atoms with Crippen LogP contribution >= 0.6 is 11.6 Å². The van der Waals surface area contributed by atoms with Crippen LogP contribution in [-0.2, 0) is 0 Å². The molecule has 0 unspecified atom stereocenters. The molecule has 18 heavy (non-hydrogen) atoms. The summed E-state index contributed by atoms with van der Waals surface area (Å²) in [5.41, 5.74) is -0.202. The molecule has 1 aromatic heterocycles. The van der Waals surface area contributed by atoms with Crippen LogP contribution in [-0.4, -0.2) is 21.6 Å². The number of carboxylic acid groups (broad SMARTS) is 1. The number of hydrogen-bond donors (Lipinski definition) is 1. The quantitative estimate of drug-likeness (QED) is 0.851. The van der Waals surface area contributed by atoms with Gasteiger partial charge in [-0.05, 0) is 18.2 Å². The fourth-order valence-electron chi connectivity index (χ4n) is 1.51. The molecule has 0 radical (unpaired) electrons. The Kier molecular flexibility index (Phi) is 3.16. The van der Waals surface area contributed by atoms with Crippen LogP contribution in [0.15, 0.2) is 36.7 Å². The van der Waals surface area contributed by atoms with Crippen molar-refractivity contribution in [1.82, 2.24) is 4.57 Å². The van der Waals surface area contributed by atoms with Gasteiger partial charge in [-0.1, -0.05) is 17.7 Å². The van der Waals surface area contributed by atoms with E-state index >= 15 is 0 Å². The Morgan fingerprint density at radius 1 is 1.28 bits per heavy atom. The minimum atomic E-state index is -1.23. The summed E-state index contributed by atoms with van der Waals surface area (Å²) in [5, 5.41) is 8.70. The molecule has 0 aliphatic rings. The largest absolute Gasteiger partial charge is 0.464 e. The third-order valence-corrected chi connectivity index (χ3v) is 2.68. The SMILES string of the molecule is O=C(c1ccn(C(=O)O)c1)c1c(F)cccc1Cl. The Bertz CT molecular complexity index is 616. The number of halogens is 2. The minimum absolute atomic E-state index is 0.0110. The standard InChI is InChI=1S/C12H7ClFNO3/c13-8-2-1-3-9(14)10(8)11(16)7-4-5-15(6-7)12(17)18/h1-6H,(H,17,18). The van der Waals surface area contributed by atoms with Crippen molar-refractivity contribution in [2.24, 2.45) is 0 Å². The highest BCUT2D eigenvalue weighted by Crippen LogP contribution is 2.22. The van der Waals surface area contributed by atoms with Gasteiger partial charge in [0.05, 0.1) is 10.6 Å². The van der Waals surface area contributed by atoms with Crippen LogP contribution in [0, 0.1) is 5.82 Å². The molecule has 1 aromatic carbocycles. The summed E-state index contributed by atoms with van der Waals surface area (Å²) in [4.78, 5) is 22.7. The van der Waals surface area contributed by atoms with Gasteiger partial charge in [-0.2, -0.15) is 0 Å². The molecule has 0 saturated carbocycles. The van der Waals surface area contributed by atoms with Crippen molar-refractivity contribution in [2.45, 2.75) is 0 Å². The van der Waals surface area contributed by atoms with Gasteiger partial charge in [-0.15, -0.1) is 0 Å². The van der Waals surface area contributed by atoms with Gasteiger partial charge in [0.2, 0.25) is 0 Å². The fraction of sp³-hybridized carbons (Fsp3) is 0. The Morgan fingerprint density at radius 3 is 2.56 bits per heavy atom. The lowest BCUT2D eigenvalue weighted by molar-refractivity contribution is 0.103. The van der Waals surface area contributed by atoms with Crippen molar-refractivity contribution in [1.29, 1.82) is 0 Å². The molecule has 6 heteroatoms. The molecular weight excluding hydrogens is 261 g/mol. The number of benzene rings is 1. The van der Waals surface area contributed by atoms with Gasteiger partial charge in [0.15, 0.2) is 5.78 Å². The van der Waals surface area contributed by atoms with Crippen LogP contribution in [0.1, 0.15) is 15.9 Å². The molecule has 0 fully saturated rings. The van der Waals surface area contributed by atoms with Gasteiger partial charge in [-0.3, -0.25) is 9.36 Å². The van der Waals surface area contributed by atoms with Crippen LogP contribution in [0.5, 0.6) is 0 Å². The van der Waals surface area contributed by atoms with E-state index in [0.29, 0.717) is 0 Å². The lowest BCUT2D eigenvalue weighted by atomic mass is 10.1. The normalized spacial score (nSPS) is 10.3. The molecule has 0 aliphatic heterocycles. The predicted octanol–water partition coefficient (Wildman–Crippen LogP) is 3.04. The lowest BCUT2D eigenvalue weighted by Crippen LogP contribution is -2.07. The van der Waals surface area contributed by atoms with E-state index in [9.17, 15) is 14.0 Å². The molecule has 0 spiro atoms. The molecule has 0 saturated heterocycles. The lowest BCUT2D eigenvalue weighted by Gasteiger charge is -2.02. The van der Waals surface area contributed by atoms with Crippen LogP contribution in [0.25, 0.3) is 0 Å². The molecule has 0 atom stereocenters. The molecule has 2 rings (SSSR count). The second-order valence-corrected chi connectivity index (χ2v) is 3.92. The summed E-state index contributed by atoms with van der Waals surface area (Å²) in [5.74, 6) is -1.39. The fourth-order valence-corrected chi connectivity index (χ4v) is 1.76. The summed E-state index contributed by atoms with van der Waals surface area (Å²) >= 11 is 5.76. The summed E-state index contributed by atoms with van der Waals surface area (Å²) in [7, 11) is 0. The number of carbonyl (C=O) groups is 2. The van der Waals surface area contributed by atoms with Crippen molar-refractivity contribution in [2.75, 3.05) is 0 Å². The molecule has 4 nitrogen and oxygen atoms in total. The predicted molar refractivity (Wildman–Crippen MR) is 62.7 cm³/mol. The van der Waals surface area contributed by atoms with E-state index in [4.69, 9.17) is 16.7 Å². The van der Waals surface area contributed by atoms with E-state index in [-0.39, 0.29) is 16.1 Å². The number of hydrogen-bond acceptors (Lipinski definition) is 2. The van der Waals surface area contributed by atoms with E-state index in [0.717, 1.165) is 16.8 Å². The van der Waals surface area contributed by atoms with E-state index in [2.05, 4.69) is 0 Å². The van der Waals surface area contributed by atoms with E-state index in [1.807, 2.05) is 0 Å². The van der Waals surface area contributed by atoms with Crippen LogP contribution in [0.3, 0.4) is 0 Å². The zero-order valence-electron chi connectivity index (χ0n) is 8.93. The Morgan fingerprint density at radius 2 is 2.00 bits per heavy atom. The monoisotopic (exact) mass is 267 g/mol. The van der Waals surface area contributed by atoms with Gasteiger partial charge in [0, 0.05) is 18.0 Å². The average molecular weight is 268 g/mol. The van der Waals surface area contributed by atoms with Crippen molar-refractivity contribution in [3.05, 3.63) is 58.6 Å². The topological polar surface area (TPSA) is 59.3 Å². The first-order valence-corrected chi connectivity index (χ1v) is 5.28. The Labute approximate surface area is 106 Å². The van der Waals surface area contributed by atoms with Crippen LogP contribution in [0.2, 0.25) is 5.02 Å². The van der Waals surface area contributed by atoms with Gasteiger partial charge in [-0.25, -0.2) is 9.18 Å². The van der Waals surface area contributed by atoms with Gasteiger partial charge in [0.25, 0.3) is 0 Å². The first-order chi connectivity index (χ1) is 8.50. The molecular formula is C12H7ClFNO3. The zero-order valence-corrected chi connectivity index (χ0v) is 9.69. The van der Waals surface area contributed by atoms with E-state index in [1.54, 1.807) is 0 Å². The summed E-state index contributed by atoms with van der Waals surface area (Å²) in [6.45, 7) is 0. The molecule has 2 aromatic rings. The molecule has 0 aliphatic carbocycles. The highest BCUT2D eigenvalue weighted by atomic mass is 35.5. The number of rotatable bonds is 2. The molecule has 1 heterocycles. The van der Waals surface area contributed by atoms with E-state index in [1.165, 1.54) is 24.4 Å². The number of aromatic nitrogens is 1. The van der Waals surface area contributed by atoms with Gasteiger partial charge < -0.3 is 5.11 Å². The highest BCUT2D eigenvalue weighted by molar-refractivity contribution is 6.35. The minimum Gasteiger partial charge on any atom is -0.464 e. The number of carbonyl (C=O) groups excluding carboxylic acids is 1. The second-order valence-electron chi connectivity index (χ2n) is 3.52. The van der Waals surface area contributed by atoms with Crippen molar-refractivity contribution in [3.63, 3.8) is 0 Å². The molecule has 0 bridgehead atoms. The highest BCUT2D eigenvalue weighted by Gasteiger charge is 2.19. The summed E-state index contributed by atoms with van der Waals surface area (Å²) in [6, 6.07) is 5.19. The van der Waals surface area contributed by atoms with Crippen molar-refractivity contribution in [3.8, 4) is 0 Å². The van der Waals surface area contributed by atoms with Crippen LogP contribution < -0.4 is 0 Å². The summed E-state index contributed by atoms with van der Waals surface area (Å²) < 4.78 is 14.3. The summed E-state index contributed by atoms with van der Waals surface area (Å²) in [6.07, 6.45) is 1.08. The van der Waals surface area contributed by atoms with Crippen molar-refractivity contribution < 1.29 is 19.1 Å². The van der Waals surface area contributed by atoms with E-state index < -0.39 is 17.7 Å². The molecule has 0 amide bonds. The average Bonchev–Trinajstić information content (AvgIpc) is 2.77. The smallest absolute Gasteiger partial charge is 0.415 e.